The molecule has 0 saturated carbocycles. The van der Waals surface area contributed by atoms with E-state index in [1.54, 1.807) is 0 Å². The Labute approximate surface area is 124 Å². The van der Waals surface area contributed by atoms with Crippen LogP contribution >= 0.6 is 15.9 Å². The van der Waals surface area contributed by atoms with E-state index in [0.29, 0.717) is 4.83 Å². The standard InChI is InChI=1S/C18H21Br/c1-4-18(2,3)17(19)15-11-10-13-9-8-12-6-5-7-14(15)16(12)13/h5-7,10-11,17H,4,8-9H2,1-3H3. The first-order chi connectivity index (χ1) is 9.04. The first-order valence-corrected chi connectivity index (χ1v) is 8.13. The average Bonchev–Trinajstić information content (AvgIpc) is 2.84. The Morgan fingerprint density at radius 3 is 2.47 bits per heavy atom. The number of benzene rings is 2. The Morgan fingerprint density at radius 1 is 1.11 bits per heavy atom. The third kappa shape index (κ3) is 2.03. The molecule has 1 heteroatoms. The molecule has 0 bridgehead atoms. The molecular formula is C18H21Br. The molecule has 0 saturated heterocycles. The van der Waals surface area contributed by atoms with Gasteiger partial charge in [0.15, 0.2) is 0 Å². The summed E-state index contributed by atoms with van der Waals surface area (Å²) in [5.74, 6) is 0. The Kier molecular flexibility index (Phi) is 3.21. The minimum Gasteiger partial charge on any atom is -0.0833 e. The Bertz CT molecular complexity index is 615. The Hall–Kier alpha value is -0.820. The minimum atomic E-state index is 0.276. The van der Waals surface area contributed by atoms with Crippen LogP contribution in [0.25, 0.3) is 10.8 Å². The van der Waals surface area contributed by atoms with E-state index in [9.17, 15) is 0 Å². The summed E-state index contributed by atoms with van der Waals surface area (Å²) in [7, 11) is 0. The van der Waals surface area contributed by atoms with Gasteiger partial charge in [-0.2, -0.15) is 0 Å². The van der Waals surface area contributed by atoms with Gasteiger partial charge in [-0.1, -0.05) is 67.0 Å². The molecule has 0 aromatic heterocycles. The van der Waals surface area contributed by atoms with Crippen molar-refractivity contribution in [1.29, 1.82) is 0 Å². The maximum absolute atomic E-state index is 3.96. The van der Waals surface area contributed by atoms with Crippen molar-refractivity contribution >= 4 is 26.7 Å². The second kappa shape index (κ2) is 4.63. The van der Waals surface area contributed by atoms with Crippen LogP contribution in [-0.2, 0) is 12.8 Å². The van der Waals surface area contributed by atoms with Gasteiger partial charge in [0.25, 0.3) is 0 Å². The number of halogens is 1. The van der Waals surface area contributed by atoms with Crippen molar-refractivity contribution in [3.05, 3.63) is 47.0 Å². The maximum atomic E-state index is 3.96. The van der Waals surface area contributed by atoms with Crippen molar-refractivity contribution in [2.75, 3.05) is 0 Å². The lowest BCUT2D eigenvalue weighted by atomic mass is 9.81. The van der Waals surface area contributed by atoms with Crippen LogP contribution in [0.5, 0.6) is 0 Å². The molecule has 0 nitrogen and oxygen atoms in total. The van der Waals surface area contributed by atoms with Crippen LogP contribution in [-0.4, -0.2) is 0 Å². The number of rotatable bonds is 3. The highest BCUT2D eigenvalue weighted by atomic mass is 79.9. The van der Waals surface area contributed by atoms with Crippen LogP contribution < -0.4 is 0 Å². The molecule has 2 aromatic carbocycles. The first-order valence-electron chi connectivity index (χ1n) is 7.22. The summed E-state index contributed by atoms with van der Waals surface area (Å²) in [6.45, 7) is 6.96. The molecule has 0 spiro atoms. The van der Waals surface area contributed by atoms with Gasteiger partial charge in [0.05, 0.1) is 0 Å². The number of aryl methyl sites for hydroxylation is 2. The lowest BCUT2D eigenvalue weighted by molar-refractivity contribution is 0.347. The van der Waals surface area contributed by atoms with Gasteiger partial charge in [-0.3, -0.25) is 0 Å². The van der Waals surface area contributed by atoms with Gasteiger partial charge in [-0.05, 0) is 52.1 Å². The second-order valence-corrected chi connectivity index (χ2v) is 7.27. The van der Waals surface area contributed by atoms with E-state index in [1.807, 2.05) is 0 Å². The highest BCUT2D eigenvalue weighted by Gasteiger charge is 2.29. The molecule has 3 rings (SSSR count). The molecule has 0 heterocycles. The SMILES string of the molecule is CCC(C)(C)C(Br)c1ccc2c3c(cccc13)CC2. The molecule has 0 radical (unpaired) electrons. The highest BCUT2D eigenvalue weighted by molar-refractivity contribution is 9.09. The third-order valence-corrected chi connectivity index (χ3v) is 6.51. The summed E-state index contributed by atoms with van der Waals surface area (Å²) in [6.07, 6.45) is 3.59. The van der Waals surface area contributed by atoms with Crippen molar-refractivity contribution in [2.45, 2.75) is 44.9 Å². The minimum absolute atomic E-state index is 0.276. The molecule has 0 amide bonds. The zero-order valence-corrected chi connectivity index (χ0v) is 13.5. The first kappa shape index (κ1) is 13.2. The van der Waals surface area contributed by atoms with Gasteiger partial charge in [0, 0.05) is 4.83 Å². The summed E-state index contributed by atoms with van der Waals surface area (Å²) in [5, 5.41) is 2.98. The molecule has 1 aliphatic carbocycles. The molecule has 1 atom stereocenters. The van der Waals surface area contributed by atoms with Crippen LogP contribution in [0.2, 0.25) is 0 Å². The zero-order chi connectivity index (χ0) is 13.6. The van der Waals surface area contributed by atoms with E-state index >= 15 is 0 Å². The fourth-order valence-corrected chi connectivity index (χ4v) is 3.81. The van der Waals surface area contributed by atoms with E-state index in [0.717, 1.165) is 0 Å². The zero-order valence-electron chi connectivity index (χ0n) is 12.0. The molecule has 1 aliphatic rings. The predicted molar refractivity (Wildman–Crippen MR) is 87.1 cm³/mol. The summed E-state index contributed by atoms with van der Waals surface area (Å²) < 4.78 is 0. The van der Waals surface area contributed by atoms with Crippen LogP contribution in [0.1, 0.15) is 48.7 Å². The van der Waals surface area contributed by atoms with Crippen molar-refractivity contribution in [2.24, 2.45) is 5.41 Å². The number of hydrogen-bond acceptors (Lipinski definition) is 0. The van der Waals surface area contributed by atoms with Crippen molar-refractivity contribution in [1.82, 2.24) is 0 Å². The van der Waals surface area contributed by atoms with E-state index in [-0.39, 0.29) is 5.41 Å². The summed E-state index contributed by atoms with van der Waals surface area (Å²) >= 11 is 3.96. The molecule has 19 heavy (non-hydrogen) atoms. The summed E-state index contributed by atoms with van der Waals surface area (Å²) in [5.41, 5.74) is 4.79. The van der Waals surface area contributed by atoms with Gasteiger partial charge in [0.1, 0.15) is 0 Å². The molecule has 2 aromatic rings. The average molecular weight is 317 g/mol. The van der Waals surface area contributed by atoms with Crippen LogP contribution in [0, 0.1) is 5.41 Å². The summed E-state index contributed by atoms with van der Waals surface area (Å²) in [4.78, 5) is 0.412. The van der Waals surface area contributed by atoms with E-state index in [4.69, 9.17) is 0 Å². The van der Waals surface area contributed by atoms with Crippen molar-refractivity contribution < 1.29 is 0 Å². The molecule has 0 aliphatic heterocycles. The molecular weight excluding hydrogens is 296 g/mol. The predicted octanol–water partition coefficient (Wildman–Crippen LogP) is 5.81. The topological polar surface area (TPSA) is 0 Å². The van der Waals surface area contributed by atoms with Crippen molar-refractivity contribution in [3.63, 3.8) is 0 Å². The third-order valence-electron chi connectivity index (χ3n) is 4.78. The highest BCUT2D eigenvalue weighted by Crippen LogP contribution is 2.46. The van der Waals surface area contributed by atoms with Gasteiger partial charge < -0.3 is 0 Å². The Balaban J connectivity index is 2.22. The quantitative estimate of drug-likeness (QED) is 0.627. The monoisotopic (exact) mass is 316 g/mol. The maximum Gasteiger partial charge on any atom is 0.0452 e. The molecule has 1 unspecified atom stereocenters. The van der Waals surface area contributed by atoms with E-state index in [2.05, 4.69) is 67.0 Å². The molecule has 0 N–H and O–H groups in total. The van der Waals surface area contributed by atoms with Gasteiger partial charge in [-0.15, -0.1) is 0 Å². The fourth-order valence-electron chi connectivity index (χ4n) is 3.09. The summed E-state index contributed by atoms with van der Waals surface area (Å²) in [6, 6.07) is 11.5. The van der Waals surface area contributed by atoms with Gasteiger partial charge in [0.2, 0.25) is 0 Å². The Morgan fingerprint density at radius 2 is 1.79 bits per heavy atom. The normalized spacial score (nSPS) is 16.0. The van der Waals surface area contributed by atoms with Crippen molar-refractivity contribution in [3.8, 4) is 0 Å². The number of alkyl halides is 1. The molecule has 0 fully saturated rings. The largest absolute Gasteiger partial charge is 0.0833 e. The number of hydrogen-bond donors (Lipinski definition) is 0. The van der Waals surface area contributed by atoms with E-state index in [1.165, 1.54) is 46.7 Å². The molecule has 100 valence electrons. The fraction of sp³-hybridized carbons (Fsp3) is 0.444. The van der Waals surface area contributed by atoms with E-state index < -0.39 is 0 Å². The second-order valence-electron chi connectivity index (χ2n) is 6.36. The lowest BCUT2D eigenvalue weighted by Crippen LogP contribution is -2.16. The van der Waals surface area contributed by atoms with Gasteiger partial charge >= 0.3 is 0 Å². The smallest absolute Gasteiger partial charge is 0.0452 e. The lowest BCUT2D eigenvalue weighted by Gasteiger charge is -2.30. The van der Waals surface area contributed by atoms with Gasteiger partial charge in [-0.25, -0.2) is 0 Å². The van der Waals surface area contributed by atoms with Crippen LogP contribution in [0.4, 0.5) is 0 Å². The van der Waals surface area contributed by atoms with Crippen LogP contribution in [0.15, 0.2) is 30.3 Å². The van der Waals surface area contributed by atoms with Crippen LogP contribution in [0.3, 0.4) is 0 Å².